The quantitative estimate of drug-likeness (QED) is 0.176. The van der Waals surface area contributed by atoms with Crippen LogP contribution in [0.5, 0.6) is 0 Å². The second-order valence-electron chi connectivity index (χ2n) is 10.5. The van der Waals surface area contributed by atoms with Crippen LogP contribution in [0.2, 0.25) is 5.02 Å². The van der Waals surface area contributed by atoms with E-state index in [-0.39, 0.29) is 29.6 Å². The van der Waals surface area contributed by atoms with Gasteiger partial charge in [0, 0.05) is 34.6 Å². The van der Waals surface area contributed by atoms with Gasteiger partial charge in [-0.25, -0.2) is 5.01 Å². The number of carbonyl (C=O) groups is 3. The smallest absolute Gasteiger partial charge is 0.272 e. The number of hydrogen-bond acceptors (Lipinski definition) is 5. The van der Waals surface area contributed by atoms with Gasteiger partial charge in [-0.2, -0.15) is 5.01 Å². The number of benzene rings is 4. The Bertz CT molecular complexity index is 1670. The molecule has 4 aromatic rings. The molecule has 3 aliphatic carbocycles. The van der Waals surface area contributed by atoms with Crippen molar-refractivity contribution in [3.63, 3.8) is 0 Å². The summed E-state index contributed by atoms with van der Waals surface area (Å²) in [7, 11) is 0. The van der Waals surface area contributed by atoms with E-state index in [1.807, 2.05) is 48.5 Å². The molecule has 8 nitrogen and oxygen atoms in total. The molecule has 41 heavy (non-hydrogen) atoms. The molecule has 1 fully saturated rings. The van der Waals surface area contributed by atoms with Crippen LogP contribution in [-0.2, 0) is 16.1 Å². The third-order valence-corrected chi connectivity index (χ3v) is 8.85. The van der Waals surface area contributed by atoms with Gasteiger partial charge in [-0.1, -0.05) is 84.4 Å². The molecule has 0 radical (unpaired) electrons. The molecule has 0 aromatic heterocycles. The molecule has 0 unspecified atom stereocenters. The van der Waals surface area contributed by atoms with Gasteiger partial charge in [0.25, 0.3) is 23.4 Å². The minimum atomic E-state index is -0.712. The molecule has 8 rings (SSSR count). The summed E-state index contributed by atoms with van der Waals surface area (Å²) in [4.78, 5) is 53.6. The van der Waals surface area contributed by atoms with E-state index in [0.29, 0.717) is 10.6 Å². The Balaban J connectivity index is 1.36. The number of amides is 3. The lowest BCUT2D eigenvalue weighted by Gasteiger charge is -2.45. The highest BCUT2D eigenvalue weighted by atomic mass is 35.5. The molecule has 2 bridgehead atoms. The van der Waals surface area contributed by atoms with Gasteiger partial charge in [0.1, 0.15) is 0 Å². The molecular weight excluding hydrogens is 542 g/mol. The van der Waals surface area contributed by atoms with Crippen molar-refractivity contribution in [3.8, 4) is 0 Å². The lowest BCUT2D eigenvalue weighted by molar-refractivity contribution is -0.384. The first-order valence-electron chi connectivity index (χ1n) is 13.2. The average molecular weight is 564 g/mol. The number of rotatable bonds is 5. The first-order chi connectivity index (χ1) is 19.9. The van der Waals surface area contributed by atoms with Crippen molar-refractivity contribution in [2.45, 2.75) is 18.4 Å². The molecule has 1 aliphatic heterocycles. The van der Waals surface area contributed by atoms with Crippen LogP contribution >= 0.6 is 11.6 Å². The molecule has 0 spiro atoms. The molecule has 4 aliphatic rings. The van der Waals surface area contributed by atoms with Crippen molar-refractivity contribution < 1.29 is 19.3 Å². The van der Waals surface area contributed by atoms with Crippen molar-refractivity contribution in [1.29, 1.82) is 0 Å². The summed E-state index contributed by atoms with van der Waals surface area (Å²) in [5, 5.41) is 13.9. The Morgan fingerprint density at radius 3 is 1.80 bits per heavy atom. The first kappa shape index (κ1) is 25.2. The third kappa shape index (κ3) is 3.71. The Morgan fingerprint density at radius 1 is 0.780 bits per heavy atom. The molecule has 3 amide bonds. The second-order valence-corrected chi connectivity index (χ2v) is 10.9. The monoisotopic (exact) mass is 563 g/mol. The van der Waals surface area contributed by atoms with Crippen LogP contribution in [0.3, 0.4) is 0 Å². The fourth-order valence-electron chi connectivity index (χ4n) is 6.82. The van der Waals surface area contributed by atoms with Crippen LogP contribution in [0.15, 0.2) is 97.1 Å². The lowest BCUT2D eigenvalue weighted by atomic mass is 9.55. The van der Waals surface area contributed by atoms with Crippen molar-refractivity contribution in [2.75, 3.05) is 0 Å². The van der Waals surface area contributed by atoms with Crippen LogP contribution in [0.25, 0.3) is 0 Å². The molecule has 202 valence electrons. The molecule has 0 N–H and O–H groups in total. The molecule has 0 saturated carbocycles. The van der Waals surface area contributed by atoms with Crippen LogP contribution in [-0.4, -0.2) is 32.7 Å². The maximum absolute atomic E-state index is 14.4. The fourth-order valence-corrected chi connectivity index (χ4v) is 7.02. The van der Waals surface area contributed by atoms with Gasteiger partial charge < -0.3 is 0 Å². The van der Waals surface area contributed by atoms with E-state index >= 15 is 0 Å². The van der Waals surface area contributed by atoms with Gasteiger partial charge in [0.15, 0.2) is 0 Å². The highest BCUT2D eigenvalue weighted by molar-refractivity contribution is 6.31. The van der Waals surface area contributed by atoms with Gasteiger partial charge in [0.2, 0.25) is 0 Å². The van der Waals surface area contributed by atoms with Gasteiger partial charge in [-0.3, -0.25) is 24.5 Å². The van der Waals surface area contributed by atoms with Gasteiger partial charge >= 0.3 is 0 Å². The average Bonchev–Trinajstić information content (AvgIpc) is 3.26. The summed E-state index contributed by atoms with van der Waals surface area (Å²) < 4.78 is 0. The Morgan fingerprint density at radius 2 is 1.29 bits per heavy atom. The molecule has 2 atom stereocenters. The topological polar surface area (TPSA) is 101 Å². The second kappa shape index (κ2) is 9.38. The van der Waals surface area contributed by atoms with Crippen LogP contribution in [0.4, 0.5) is 5.69 Å². The summed E-state index contributed by atoms with van der Waals surface area (Å²) in [5.74, 6) is -3.71. The zero-order valence-electron chi connectivity index (χ0n) is 21.5. The zero-order chi connectivity index (χ0) is 28.4. The van der Waals surface area contributed by atoms with Crippen LogP contribution in [0.1, 0.15) is 50.0 Å². The van der Waals surface area contributed by atoms with Crippen LogP contribution in [0, 0.1) is 22.0 Å². The number of nitro benzene ring substituents is 1. The number of nitrogens with zero attached hydrogens (tertiary/aromatic N) is 3. The number of non-ortho nitro benzene ring substituents is 1. The number of imide groups is 1. The maximum atomic E-state index is 14.4. The first-order valence-corrected chi connectivity index (χ1v) is 13.6. The maximum Gasteiger partial charge on any atom is 0.273 e. The highest BCUT2D eigenvalue weighted by Crippen LogP contribution is 2.61. The fraction of sp³-hybridized carbons (Fsp3) is 0.156. The third-order valence-electron chi connectivity index (χ3n) is 8.48. The van der Waals surface area contributed by atoms with Crippen LogP contribution < -0.4 is 0 Å². The zero-order valence-corrected chi connectivity index (χ0v) is 22.3. The SMILES string of the molecule is O=C(c1cccc([N+](=O)[O-])c1)N(Cc1ccccc1Cl)N1C(=O)[C@@H]2C3c4ccccc4C(c4ccccc43)[C@@H]2C1=O. The van der Waals surface area contributed by atoms with E-state index in [1.54, 1.807) is 24.3 Å². The summed E-state index contributed by atoms with van der Waals surface area (Å²) in [6.45, 7) is -0.173. The highest BCUT2D eigenvalue weighted by Gasteiger charge is 2.63. The predicted molar refractivity (Wildman–Crippen MR) is 150 cm³/mol. The number of nitro groups is 1. The van der Waals surface area contributed by atoms with Crippen molar-refractivity contribution in [2.24, 2.45) is 11.8 Å². The van der Waals surface area contributed by atoms with Crippen molar-refractivity contribution in [1.82, 2.24) is 10.0 Å². The van der Waals surface area contributed by atoms with E-state index in [9.17, 15) is 24.5 Å². The molecule has 4 aromatic carbocycles. The van der Waals surface area contributed by atoms with Crippen molar-refractivity contribution >= 4 is 35.0 Å². The van der Waals surface area contributed by atoms with Crippen molar-refractivity contribution in [3.05, 3.63) is 146 Å². The van der Waals surface area contributed by atoms with E-state index < -0.39 is 34.5 Å². The standard InChI is InChI=1S/C32H22ClN3O5/c33-25-15-6-1-8-19(25)17-34(30(37)18-9-7-10-20(16-18)36(40)41)35-31(38)28-26-21-11-2-3-12-22(21)27(29(28)32(35)39)24-14-5-4-13-23(24)26/h1-16,26-29H,17H2/t26?,27?,28-,29+. The minimum Gasteiger partial charge on any atom is -0.272 e. The minimum absolute atomic E-state index is 0.0173. The Kier molecular flexibility index (Phi) is 5.76. The van der Waals surface area contributed by atoms with Gasteiger partial charge in [-0.15, -0.1) is 0 Å². The molecular formula is C32H22ClN3O5. The van der Waals surface area contributed by atoms with E-state index in [2.05, 4.69) is 0 Å². The normalized spacial score (nSPS) is 21.7. The lowest BCUT2D eigenvalue weighted by Crippen LogP contribution is -2.50. The summed E-state index contributed by atoms with van der Waals surface area (Å²) in [6.07, 6.45) is 0. The van der Waals surface area contributed by atoms with E-state index in [1.165, 1.54) is 18.2 Å². The summed E-state index contributed by atoms with van der Waals surface area (Å²) in [6, 6.07) is 27.9. The van der Waals surface area contributed by atoms with E-state index in [4.69, 9.17) is 11.6 Å². The Hall–Kier alpha value is -4.82. The number of halogens is 1. The predicted octanol–water partition coefficient (Wildman–Crippen LogP) is 5.70. The summed E-state index contributed by atoms with van der Waals surface area (Å²) >= 11 is 6.45. The number of carbonyl (C=O) groups excluding carboxylic acids is 3. The summed E-state index contributed by atoms with van der Waals surface area (Å²) in [5.41, 5.74) is 4.30. The Labute approximate surface area is 239 Å². The number of hydrogen-bond donors (Lipinski definition) is 0. The van der Waals surface area contributed by atoms with Gasteiger partial charge in [0.05, 0.1) is 23.3 Å². The molecule has 9 heteroatoms. The molecule has 1 saturated heterocycles. The van der Waals surface area contributed by atoms with Gasteiger partial charge in [-0.05, 0) is 39.9 Å². The molecule has 1 heterocycles. The number of hydrazine groups is 1. The van der Waals surface area contributed by atoms with E-state index in [0.717, 1.165) is 38.3 Å². The largest absolute Gasteiger partial charge is 0.273 e.